The summed E-state index contributed by atoms with van der Waals surface area (Å²) in [4.78, 5) is 28.0. The number of carbonyl (C=O) groups excluding carboxylic acids is 1. The largest absolute Gasteiger partial charge is 0.481 e. The summed E-state index contributed by atoms with van der Waals surface area (Å²) in [6, 6.07) is 3.74. The van der Waals surface area contributed by atoms with Gasteiger partial charge in [-0.1, -0.05) is 0 Å². The molecule has 0 unspecified atom stereocenters. The number of aliphatic carboxylic acids is 1. The standard InChI is InChI=1S/C13H18N2O3/c1-10(2)15(12(16)3-4-13(17)18)9-11-5-7-14-8-6-11/h5-8,10H,3-4,9H2,1-2H3,(H,17,18). The Kier molecular flexibility index (Phi) is 5.30. The maximum Gasteiger partial charge on any atom is 0.303 e. The van der Waals surface area contributed by atoms with Gasteiger partial charge in [0.2, 0.25) is 5.91 Å². The van der Waals surface area contributed by atoms with E-state index in [-0.39, 0.29) is 24.8 Å². The second-order valence-electron chi connectivity index (χ2n) is 4.36. The lowest BCUT2D eigenvalue weighted by atomic mass is 10.2. The molecule has 5 heteroatoms. The summed E-state index contributed by atoms with van der Waals surface area (Å²) in [7, 11) is 0. The fourth-order valence-electron chi connectivity index (χ4n) is 1.60. The van der Waals surface area contributed by atoms with Crippen LogP contribution in [0, 0.1) is 0 Å². The van der Waals surface area contributed by atoms with Gasteiger partial charge in [0.25, 0.3) is 0 Å². The predicted molar refractivity (Wildman–Crippen MR) is 66.8 cm³/mol. The van der Waals surface area contributed by atoms with Gasteiger partial charge in [0.15, 0.2) is 0 Å². The summed E-state index contributed by atoms with van der Waals surface area (Å²) in [5, 5.41) is 8.59. The minimum absolute atomic E-state index is 0.0403. The summed E-state index contributed by atoms with van der Waals surface area (Å²) < 4.78 is 0. The highest BCUT2D eigenvalue weighted by Crippen LogP contribution is 2.10. The number of amides is 1. The third kappa shape index (κ3) is 4.53. The van der Waals surface area contributed by atoms with Crippen LogP contribution in [0.5, 0.6) is 0 Å². The van der Waals surface area contributed by atoms with E-state index >= 15 is 0 Å². The van der Waals surface area contributed by atoms with Gasteiger partial charge < -0.3 is 10.0 Å². The van der Waals surface area contributed by atoms with Gasteiger partial charge in [0.05, 0.1) is 6.42 Å². The number of pyridine rings is 1. The van der Waals surface area contributed by atoms with Crippen LogP contribution < -0.4 is 0 Å². The van der Waals surface area contributed by atoms with Crippen LogP contribution in [0.15, 0.2) is 24.5 Å². The number of aromatic nitrogens is 1. The van der Waals surface area contributed by atoms with E-state index in [2.05, 4.69) is 4.98 Å². The molecule has 0 radical (unpaired) electrons. The fourth-order valence-corrected chi connectivity index (χ4v) is 1.60. The van der Waals surface area contributed by atoms with Gasteiger partial charge in [-0.25, -0.2) is 0 Å². The lowest BCUT2D eigenvalue weighted by molar-refractivity contribution is -0.141. The van der Waals surface area contributed by atoms with Crippen molar-refractivity contribution >= 4 is 11.9 Å². The van der Waals surface area contributed by atoms with Crippen molar-refractivity contribution in [2.24, 2.45) is 0 Å². The first-order valence-corrected chi connectivity index (χ1v) is 5.91. The maximum absolute atomic E-state index is 11.9. The molecule has 18 heavy (non-hydrogen) atoms. The quantitative estimate of drug-likeness (QED) is 0.834. The Hall–Kier alpha value is -1.91. The summed E-state index contributed by atoms with van der Waals surface area (Å²) in [5.74, 6) is -1.08. The van der Waals surface area contributed by atoms with Crippen LogP contribution in [-0.2, 0) is 16.1 Å². The number of carbonyl (C=O) groups is 2. The second kappa shape index (κ2) is 6.74. The summed E-state index contributed by atoms with van der Waals surface area (Å²) in [6.45, 7) is 4.32. The van der Waals surface area contributed by atoms with Crippen molar-refractivity contribution in [1.82, 2.24) is 9.88 Å². The van der Waals surface area contributed by atoms with Crippen molar-refractivity contribution in [3.63, 3.8) is 0 Å². The second-order valence-corrected chi connectivity index (χ2v) is 4.36. The smallest absolute Gasteiger partial charge is 0.303 e. The zero-order valence-electron chi connectivity index (χ0n) is 10.7. The van der Waals surface area contributed by atoms with E-state index in [1.54, 1.807) is 17.3 Å². The lowest BCUT2D eigenvalue weighted by Crippen LogP contribution is -2.36. The highest BCUT2D eigenvalue weighted by molar-refractivity contribution is 5.80. The first-order valence-electron chi connectivity index (χ1n) is 5.91. The average molecular weight is 250 g/mol. The molecule has 0 atom stereocenters. The van der Waals surface area contributed by atoms with E-state index in [1.807, 2.05) is 26.0 Å². The maximum atomic E-state index is 11.9. The van der Waals surface area contributed by atoms with Crippen molar-refractivity contribution in [1.29, 1.82) is 0 Å². The molecule has 0 bridgehead atoms. The number of nitrogens with zero attached hydrogens (tertiary/aromatic N) is 2. The van der Waals surface area contributed by atoms with Crippen molar-refractivity contribution in [2.45, 2.75) is 39.3 Å². The molecule has 98 valence electrons. The van der Waals surface area contributed by atoms with Gasteiger partial charge in [-0.2, -0.15) is 0 Å². The van der Waals surface area contributed by atoms with Crippen LogP contribution in [0.3, 0.4) is 0 Å². The Morgan fingerprint density at radius 3 is 2.39 bits per heavy atom. The zero-order valence-corrected chi connectivity index (χ0v) is 10.7. The average Bonchev–Trinajstić information content (AvgIpc) is 2.34. The molecule has 0 saturated carbocycles. The third-order valence-corrected chi connectivity index (χ3v) is 2.60. The van der Waals surface area contributed by atoms with E-state index in [4.69, 9.17) is 5.11 Å². The Morgan fingerprint density at radius 1 is 1.28 bits per heavy atom. The van der Waals surface area contributed by atoms with Gasteiger partial charge in [0.1, 0.15) is 0 Å². The van der Waals surface area contributed by atoms with Gasteiger partial charge >= 0.3 is 5.97 Å². The molecule has 1 aromatic rings. The van der Waals surface area contributed by atoms with Crippen LogP contribution in [0.1, 0.15) is 32.3 Å². The van der Waals surface area contributed by atoms with Crippen molar-refractivity contribution in [2.75, 3.05) is 0 Å². The Balaban J connectivity index is 2.65. The van der Waals surface area contributed by atoms with Crippen molar-refractivity contribution < 1.29 is 14.7 Å². The SMILES string of the molecule is CC(C)N(Cc1ccncc1)C(=O)CCC(=O)O. The number of hydrogen-bond acceptors (Lipinski definition) is 3. The molecule has 0 aliphatic carbocycles. The highest BCUT2D eigenvalue weighted by atomic mass is 16.4. The Labute approximate surface area is 106 Å². The molecule has 0 fully saturated rings. The van der Waals surface area contributed by atoms with E-state index in [1.165, 1.54) is 0 Å². The van der Waals surface area contributed by atoms with Gasteiger partial charge in [-0.05, 0) is 31.5 Å². The molecule has 1 N–H and O–H groups in total. The van der Waals surface area contributed by atoms with Gasteiger partial charge in [-0.15, -0.1) is 0 Å². The van der Waals surface area contributed by atoms with E-state index < -0.39 is 5.97 Å². The molecule has 0 aliphatic rings. The third-order valence-electron chi connectivity index (χ3n) is 2.60. The monoisotopic (exact) mass is 250 g/mol. The van der Waals surface area contributed by atoms with Crippen LogP contribution in [-0.4, -0.2) is 32.9 Å². The van der Waals surface area contributed by atoms with Crippen molar-refractivity contribution in [3.8, 4) is 0 Å². The van der Waals surface area contributed by atoms with E-state index in [9.17, 15) is 9.59 Å². The van der Waals surface area contributed by atoms with Gasteiger partial charge in [0, 0.05) is 31.4 Å². The molecule has 0 aromatic carbocycles. The molecule has 5 nitrogen and oxygen atoms in total. The molecule has 1 rings (SSSR count). The zero-order chi connectivity index (χ0) is 13.5. The molecule has 1 heterocycles. The topological polar surface area (TPSA) is 70.5 Å². The van der Waals surface area contributed by atoms with Crippen LogP contribution in [0.2, 0.25) is 0 Å². The molecule has 0 saturated heterocycles. The highest BCUT2D eigenvalue weighted by Gasteiger charge is 2.17. The molecule has 1 amide bonds. The summed E-state index contributed by atoms with van der Waals surface area (Å²) in [6.07, 6.45) is 3.27. The molecule has 0 aliphatic heterocycles. The Bertz CT molecular complexity index is 404. The number of rotatable bonds is 6. The first-order chi connectivity index (χ1) is 8.50. The van der Waals surface area contributed by atoms with Crippen LogP contribution in [0.4, 0.5) is 0 Å². The minimum atomic E-state index is -0.948. The molecule has 0 spiro atoms. The normalized spacial score (nSPS) is 10.4. The molecule has 1 aromatic heterocycles. The van der Waals surface area contributed by atoms with Crippen LogP contribution >= 0.6 is 0 Å². The molecular weight excluding hydrogens is 232 g/mol. The summed E-state index contributed by atoms with van der Waals surface area (Å²) in [5.41, 5.74) is 0.988. The fraction of sp³-hybridized carbons (Fsp3) is 0.462. The molecular formula is C13H18N2O3. The number of carboxylic acids is 1. The van der Waals surface area contributed by atoms with E-state index in [0.717, 1.165) is 5.56 Å². The van der Waals surface area contributed by atoms with E-state index in [0.29, 0.717) is 6.54 Å². The Morgan fingerprint density at radius 2 is 1.89 bits per heavy atom. The minimum Gasteiger partial charge on any atom is -0.481 e. The van der Waals surface area contributed by atoms with Crippen molar-refractivity contribution in [3.05, 3.63) is 30.1 Å². The summed E-state index contributed by atoms with van der Waals surface area (Å²) >= 11 is 0. The number of carboxylic acid groups (broad SMARTS) is 1. The van der Waals surface area contributed by atoms with Gasteiger partial charge in [-0.3, -0.25) is 14.6 Å². The van der Waals surface area contributed by atoms with Crippen LogP contribution in [0.25, 0.3) is 0 Å². The number of hydrogen-bond donors (Lipinski definition) is 1. The first kappa shape index (κ1) is 14.2. The lowest BCUT2D eigenvalue weighted by Gasteiger charge is -2.26. The predicted octanol–water partition coefficient (Wildman–Crippen LogP) is 1.68.